The Kier molecular flexibility index (Phi) is 9.19. The summed E-state index contributed by atoms with van der Waals surface area (Å²) >= 11 is 0. The summed E-state index contributed by atoms with van der Waals surface area (Å²) in [5.74, 6) is -0.760. The van der Waals surface area contributed by atoms with Crippen molar-refractivity contribution in [2.75, 3.05) is 27.2 Å². The Bertz CT molecular complexity index is 1790. The first-order valence-corrected chi connectivity index (χ1v) is 16.1. The van der Waals surface area contributed by atoms with E-state index in [4.69, 9.17) is 15.2 Å². The first-order valence-electron chi connectivity index (χ1n) is 14.6. The predicted molar refractivity (Wildman–Crippen MR) is 169 cm³/mol. The third-order valence-corrected chi connectivity index (χ3v) is 9.53. The molecule has 2 N–H and O–H groups in total. The van der Waals surface area contributed by atoms with E-state index in [0.29, 0.717) is 16.8 Å². The number of nitrogens with zero attached hydrogens (tertiary/aromatic N) is 4. The lowest BCUT2D eigenvalue weighted by molar-refractivity contribution is -0.163. The largest absolute Gasteiger partial charge is 0.480 e. The van der Waals surface area contributed by atoms with E-state index in [1.54, 1.807) is 64.6 Å². The van der Waals surface area contributed by atoms with E-state index in [1.807, 2.05) is 36.4 Å². The van der Waals surface area contributed by atoms with Crippen molar-refractivity contribution >= 4 is 32.9 Å². The lowest BCUT2D eigenvalue weighted by atomic mass is 9.87. The maximum absolute atomic E-state index is 13.8. The van der Waals surface area contributed by atoms with Crippen LogP contribution in [0.5, 0.6) is 5.75 Å². The minimum absolute atomic E-state index is 0.0328. The predicted octanol–water partition coefficient (Wildman–Crippen LogP) is 3.13. The van der Waals surface area contributed by atoms with Crippen LogP contribution in [0.4, 0.5) is 0 Å². The molecule has 2 atom stereocenters. The van der Waals surface area contributed by atoms with Crippen molar-refractivity contribution in [2.24, 2.45) is 11.7 Å². The average Bonchev–Trinajstić information content (AvgIpc) is 3.01. The summed E-state index contributed by atoms with van der Waals surface area (Å²) in [5, 5.41) is 0. The van der Waals surface area contributed by atoms with Gasteiger partial charge in [-0.15, -0.1) is 0 Å². The van der Waals surface area contributed by atoms with E-state index in [0.717, 1.165) is 11.1 Å². The molecular formula is C33H37N5O6S. The summed E-state index contributed by atoms with van der Waals surface area (Å²) in [6.07, 6.45) is 2.29. The van der Waals surface area contributed by atoms with E-state index in [1.165, 1.54) is 21.3 Å². The van der Waals surface area contributed by atoms with Gasteiger partial charge in [0.2, 0.25) is 10.0 Å². The summed E-state index contributed by atoms with van der Waals surface area (Å²) in [6, 6.07) is 20.2. The second-order valence-corrected chi connectivity index (χ2v) is 13.7. The van der Waals surface area contributed by atoms with E-state index in [9.17, 15) is 18.0 Å². The number of nitrogens with two attached hydrogens (primary N) is 1. The zero-order chi connectivity index (χ0) is 32.4. The van der Waals surface area contributed by atoms with E-state index in [-0.39, 0.29) is 36.2 Å². The van der Waals surface area contributed by atoms with E-state index >= 15 is 0 Å². The number of amides is 1. The van der Waals surface area contributed by atoms with Crippen LogP contribution in [0.15, 0.2) is 90.1 Å². The Hall–Kier alpha value is -4.39. The Labute approximate surface area is 263 Å². The van der Waals surface area contributed by atoms with Crippen LogP contribution in [0.3, 0.4) is 0 Å². The smallest absolute Gasteiger partial charge is 0.324 e. The minimum Gasteiger partial charge on any atom is -0.480 e. The highest BCUT2D eigenvalue weighted by atomic mass is 32.2. The summed E-state index contributed by atoms with van der Waals surface area (Å²) in [4.78, 5) is 35.4. The monoisotopic (exact) mass is 631 g/mol. The minimum atomic E-state index is -3.91. The van der Waals surface area contributed by atoms with Crippen LogP contribution in [0.1, 0.15) is 25.0 Å². The number of carbonyl (C=O) groups is 2. The molecule has 1 aromatic heterocycles. The quantitative estimate of drug-likeness (QED) is 0.247. The molecule has 11 nitrogen and oxygen atoms in total. The van der Waals surface area contributed by atoms with Crippen molar-refractivity contribution in [1.82, 2.24) is 19.2 Å². The van der Waals surface area contributed by atoms with Crippen LogP contribution in [0, 0.1) is 5.92 Å². The highest BCUT2D eigenvalue weighted by Gasteiger charge is 2.52. The molecule has 45 heavy (non-hydrogen) atoms. The van der Waals surface area contributed by atoms with Crippen molar-refractivity contribution < 1.29 is 27.5 Å². The summed E-state index contributed by atoms with van der Waals surface area (Å²) < 4.78 is 40.9. The molecule has 1 saturated heterocycles. The maximum atomic E-state index is 13.8. The molecule has 236 valence electrons. The fourth-order valence-corrected chi connectivity index (χ4v) is 6.84. The molecule has 1 fully saturated rings. The summed E-state index contributed by atoms with van der Waals surface area (Å²) in [6.45, 7) is 3.74. The molecule has 0 spiro atoms. The number of hydrogen-bond donors (Lipinski definition) is 1. The summed E-state index contributed by atoms with van der Waals surface area (Å²) in [7, 11) is -0.739. The van der Waals surface area contributed by atoms with Gasteiger partial charge in [-0.25, -0.2) is 8.42 Å². The fourth-order valence-electron chi connectivity index (χ4n) is 5.23. The molecule has 2 heterocycles. The molecular weight excluding hydrogens is 594 g/mol. The second kappa shape index (κ2) is 12.9. The van der Waals surface area contributed by atoms with Crippen LogP contribution in [-0.2, 0) is 36.4 Å². The van der Waals surface area contributed by atoms with Crippen molar-refractivity contribution in [2.45, 2.75) is 42.9 Å². The van der Waals surface area contributed by atoms with Crippen LogP contribution >= 0.6 is 0 Å². The van der Waals surface area contributed by atoms with Crippen LogP contribution in [0.2, 0.25) is 0 Å². The lowest BCUT2D eigenvalue weighted by Crippen LogP contribution is -2.64. The zero-order valence-corrected chi connectivity index (χ0v) is 26.5. The second-order valence-electron chi connectivity index (χ2n) is 11.7. The number of esters is 1. The third-order valence-electron chi connectivity index (χ3n) is 7.74. The van der Waals surface area contributed by atoms with Gasteiger partial charge in [-0.05, 0) is 47.7 Å². The average molecular weight is 632 g/mol. The molecule has 1 aliphatic heterocycles. The highest BCUT2D eigenvalue weighted by Crippen LogP contribution is 2.40. The Morgan fingerprint density at radius 1 is 0.956 bits per heavy atom. The molecule has 1 unspecified atom stereocenters. The number of fused-ring (bicyclic) bond motifs is 1. The van der Waals surface area contributed by atoms with Crippen molar-refractivity contribution in [3.8, 4) is 5.75 Å². The molecule has 0 bridgehead atoms. The van der Waals surface area contributed by atoms with Crippen molar-refractivity contribution in [3.63, 3.8) is 0 Å². The third kappa shape index (κ3) is 6.82. The number of likely N-dealkylation sites (N-methyl/N-ethyl adjacent to an activating group) is 1. The number of aromatic nitrogens is 2. The topological polar surface area (TPSA) is 145 Å². The number of sulfonamides is 1. The van der Waals surface area contributed by atoms with Gasteiger partial charge in [-0.1, -0.05) is 56.3 Å². The normalized spacial score (nSPS) is 16.0. The Balaban J connectivity index is 1.31. The van der Waals surface area contributed by atoms with Crippen LogP contribution < -0.4 is 10.5 Å². The van der Waals surface area contributed by atoms with Gasteiger partial charge in [-0.3, -0.25) is 19.6 Å². The Morgan fingerprint density at radius 3 is 2.31 bits per heavy atom. The Morgan fingerprint density at radius 2 is 1.64 bits per heavy atom. The lowest BCUT2D eigenvalue weighted by Gasteiger charge is -2.48. The first-order chi connectivity index (χ1) is 21.4. The van der Waals surface area contributed by atoms with Gasteiger partial charge in [0.15, 0.2) is 11.7 Å². The number of hydrogen-bond acceptors (Lipinski definition) is 9. The maximum Gasteiger partial charge on any atom is 0.324 e. The van der Waals surface area contributed by atoms with Gasteiger partial charge in [-0.2, -0.15) is 4.31 Å². The van der Waals surface area contributed by atoms with Crippen molar-refractivity contribution in [3.05, 3.63) is 96.3 Å². The number of rotatable bonds is 11. The number of ether oxygens (including phenoxy) is 2. The van der Waals surface area contributed by atoms with Crippen LogP contribution in [-0.4, -0.2) is 78.8 Å². The highest BCUT2D eigenvalue weighted by molar-refractivity contribution is 7.89. The number of benzene rings is 3. The van der Waals surface area contributed by atoms with Crippen molar-refractivity contribution in [1.29, 1.82) is 0 Å². The van der Waals surface area contributed by atoms with E-state index in [2.05, 4.69) is 9.97 Å². The van der Waals surface area contributed by atoms with Gasteiger partial charge >= 0.3 is 5.97 Å². The molecule has 0 aliphatic carbocycles. The van der Waals surface area contributed by atoms with Gasteiger partial charge in [0, 0.05) is 32.6 Å². The SMILES string of the molecule is CC(C)C(OC(=O)[C@@H](N)Cc1cccc(S(=O)(=O)N2CC(Oc3ccc4nccnc4c3)(c3ccccc3)C2)c1)C(=O)N(C)C. The van der Waals surface area contributed by atoms with E-state index < -0.39 is 33.7 Å². The molecule has 3 aromatic carbocycles. The molecule has 1 amide bonds. The summed E-state index contributed by atoms with van der Waals surface area (Å²) in [5.41, 5.74) is 8.03. The first kappa shape index (κ1) is 32.0. The molecule has 12 heteroatoms. The van der Waals surface area contributed by atoms with Crippen LogP contribution in [0.25, 0.3) is 11.0 Å². The molecule has 1 aliphatic rings. The standard InChI is InChI=1S/C33H37N5O6S/c1-22(2)30(31(39)37(3)4)43-32(40)27(34)18-23-9-8-12-26(17-23)45(41,42)38-20-33(21-38,24-10-6-5-7-11-24)44-25-13-14-28-29(19-25)36-16-15-35-28/h5-17,19,22,27,30H,18,20-21,34H2,1-4H3/t27-,30?/m0/s1. The van der Waals surface area contributed by atoms with Gasteiger partial charge in [0.25, 0.3) is 5.91 Å². The molecule has 4 aromatic rings. The van der Waals surface area contributed by atoms with Gasteiger partial charge in [0.05, 0.1) is 29.0 Å². The fraction of sp³-hybridized carbons (Fsp3) is 0.333. The molecule has 0 saturated carbocycles. The molecule has 5 rings (SSSR count). The van der Waals surface area contributed by atoms with Gasteiger partial charge in [0.1, 0.15) is 11.8 Å². The molecule has 0 radical (unpaired) electrons. The number of carbonyl (C=O) groups excluding carboxylic acids is 2. The zero-order valence-electron chi connectivity index (χ0n) is 25.7. The van der Waals surface area contributed by atoms with Gasteiger partial charge < -0.3 is 20.1 Å².